The molecule has 2 aromatic carbocycles. The molecule has 1 aliphatic heterocycles. The average molecular weight is 446 g/mol. The lowest BCUT2D eigenvalue weighted by Gasteiger charge is -2.17. The second-order valence-corrected chi connectivity index (χ2v) is 8.38. The first kappa shape index (κ1) is 20.9. The van der Waals surface area contributed by atoms with E-state index in [1.807, 2.05) is 12.2 Å². The van der Waals surface area contributed by atoms with Crippen molar-refractivity contribution < 1.29 is 28.7 Å². The monoisotopic (exact) mass is 446 g/mol. The molecule has 1 saturated heterocycles. The molecule has 0 unspecified atom stereocenters. The van der Waals surface area contributed by atoms with Gasteiger partial charge in [-0.1, -0.05) is 24.3 Å². The molecule has 3 amide bonds. The molecule has 8 nitrogen and oxygen atoms in total. The molecule has 8 heteroatoms. The van der Waals surface area contributed by atoms with Crippen LogP contribution in [-0.2, 0) is 19.1 Å². The highest BCUT2D eigenvalue weighted by Gasteiger charge is 2.59. The molecule has 2 fully saturated rings. The summed E-state index contributed by atoms with van der Waals surface area (Å²) >= 11 is 0. The lowest BCUT2D eigenvalue weighted by Crippen LogP contribution is -2.32. The van der Waals surface area contributed by atoms with Gasteiger partial charge in [0.1, 0.15) is 5.75 Å². The number of carbonyl (C=O) groups is 4. The number of nitrogens with zero attached hydrogens (tertiary/aromatic N) is 1. The summed E-state index contributed by atoms with van der Waals surface area (Å²) in [5, 5.41) is 2.63. The molecule has 33 heavy (non-hydrogen) atoms. The Morgan fingerprint density at radius 1 is 0.970 bits per heavy atom. The van der Waals surface area contributed by atoms with Crippen molar-refractivity contribution in [2.45, 2.75) is 6.42 Å². The number of amides is 3. The fraction of sp³-hybridized carbons (Fsp3) is 0.280. The van der Waals surface area contributed by atoms with Crippen molar-refractivity contribution in [2.75, 3.05) is 23.9 Å². The summed E-state index contributed by atoms with van der Waals surface area (Å²) < 4.78 is 10.3. The van der Waals surface area contributed by atoms with Gasteiger partial charge in [0, 0.05) is 0 Å². The molecule has 1 heterocycles. The summed E-state index contributed by atoms with van der Waals surface area (Å²) in [6, 6.07) is 13.0. The molecule has 5 rings (SSSR count). The Bertz CT molecular complexity index is 1140. The van der Waals surface area contributed by atoms with Gasteiger partial charge in [-0.05, 0) is 54.7 Å². The maximum absolute atomic E-state index is 12.9. The number of hydrogen-bond acceptors (Lipinski definition) is 6. The van der Waals surface area contributed by atoms with Gasteiger partial charge in [0.2, 0.25) is 11.8 Å². The van der Waals surface area contributed by atoms with E-state index in [-0.39, 0.29) is 41.0 Å². The van der Waals surface area contributed by atoms with Gasteiger partial charge < -0.3 is 14.8 Å². The van der Waals surface area contributed by atoms with Gasteiger partial charge in [-0.25, -0.2) is 4.79 Å². The van der Waals surface area contributed by atoms with Crippen LogP contribution in [-0.4, -0.2) is 37.4 Å². The number of benzene rings is 2. The zero-order chi connectivity index (χ0) is 23.1. The number of nitrogens with one attached hydrogen (secondary N) is 1. The minimum Gasteiger partial charge on any atom is -0.495 e. The molecule has 168 valence electrons. The van der Waals surface area contributed by atoms with E-state index in [4.69, 9.17) is 9.47 Å². The normalized spacial score (nSPS) is 24.7. The predicted octanol–water partition coefficient (Wildman–Crippen LogP) is 2.80. The highest BCUT2D eigenvalue weighted by molar-refractivity contribution is 6.22. The maximum Gasteiger partial charge on any atom is 0.338 e. The van der Waals surface area contributed by atoms with Gasteiger partial charge in [0.25, 0.3) is 5.91 Å². The van der Waals surface area contributed by atoms with Gasteiger partial charge in [-0.15, -0.1) is 0 Å². The average Bonchev–Trinajstić information content (AvgIpc) is 3.51. The Kier molecular flexibility index (Phi) is 5.20. The molecule has 2 aromatic rings. The molecule has 1 N–H and O–H groups in total. The van der Waals surface area contributed by atoms with Crippen LogP contribution in [0.25, 0.3) is 0 Å². The van der Waals surface area contributed by atoms with Crippen LogP contribution in [0.5, 0.6) is 5.75 Å². The number of hydrogen-bond donors (Lipinski definition) is 1. The number of allylic oxidation sites excluding steroid dienone is 2. The smallest absolute Gasteiger partial charge is 0.338 e. The highest BCUT2D eigenvalue weighted by Crippen LogP contribution is 2.53. The van der Waals surface area contributed by atoms with Gasteiger partial charge in [0.15, 0.2) is 6.61 Å². The molecule has 0 aromatic heterocycles. The minimum absolute atomic E-state index is 0.137. The molecule has 0 spiro atoms. The van der Waals surface area contributed by atoms with E-state index in [1.54, 1.807) is 36.4 Å². The number of para-hydroxylation sites is 2. The zero-order valence-electron chi connectivity index (χ0n) is 17.9. The molecule has 2 bridgehead atoms. The van der Waals surface area contributed by atoms with Crippen LogP contribution in [0.4, 0.5) is 11.4 Å². The van der Waals surface area contributed by atoms with Crippen molar-refractivity contribution in [3.63, 3.8) is 0 Å². The Balaban J connectivity index is 1.20. The Labute approximate surface area is 190 Å². The third-order valence-electron chi connectivity index (χ3n) is 6.55. The van der Waals surface area contributed by atoms with E-state index >= 15 is 0 Å². The molecular weight excluding hydrogens is 424 g/mol. The van der Waals surface area contributed by atoms with Crippen molar-refractivity contribution in [2.24, 2.45) is 23.7 Å². The van der Waals surface area contributed by atoms with E-state index in [2.05, 4.69) is 5.32 Å². The van der Waals surface area contributed by atoms with E-state index in [0.717, 1.165) is 6.42 Å². The molecule has 0 radical (unpaired) electrons. The van der Waals surface area contributed by atoms with Gasteiger partial charge in [-0.3, -0.25) is 19.3 Å². The second-order valence-electron chi connectivity index (χ2n) is 8.38. The lowest BCUT2D eigenvalue weighted by molar-refractivity contribution is -0.123. The van der Waals surface area contributed by atoms with Crippen molar-refractivity contribution in [1.82, 2.24) is 0 Å². The quantitative estimate of drug-likeness (QED) is 0.416. The molecule has 4 atom stereocenters. The third-order valence-corrected chi connectivity index (χ3v) is 6.55. The number of esters is 1. The predicted molar refractivity (Wildman–Crippen MR) is 119 cm³/mol. The Morgan fingerprint density at radius 3 is 2.24 bits per heavy atom. The van der Waals surface area contributed by atoms with Crippen molar-refractivity contribution in [1.29, 1.82) is 0 Å². The summed E-state index contributed by atoms with van der Waals surface area (Å²) in [6.07, 6.45) is 4.96. The van der Waals surface area contributed by atoms with Crippen molar-refractivity contribution in [3.8, 4) is 5.75 Å². The second kappa shape index (κ2) is 8.20. The lowest BCUT2D eigenvalue weighted by atomic mass is 9.85. The van der Waals surface area contributed by atoms with Gasteiger partial charge in [-0.2, -0.15) is 0 Å². The highest BCUT2D eigenvalue weighted by atomic mass is 16.5. The first-order valence-electron chi connectivity index (χ1n) is 10.7. The van der Waals surface area contributed by atoms with Crippen LogP contribution in [0.15, 0.2) is 60.7 Å². The van der Waals surface area contributed by atoms with Crippen LogP contribution < -0.4 is 15.0 Å². The van der Waals surface area contributed by atoms with Crippen molar-refractivity contribution >= 4 is 35.1 Å². The molecule has 3 aliphatic rings. The number of imide groups is 1. The number of anilines is 2. The summed E-state index contributed by atoms with van der Waals surface area (Å²) in [6.45, 7) is -0.471. The Hall–Kier alpha value is -3.94. The minimum atomic E-state index is -0.685. The van der Waals surface area contributed by atoms with Crippen LogP contribution in [0.3, 0.4) is 0 Å². The van der Waals surface area contributed by atoms with E-state index in [1.165, 1.54) is 24.1 Å². The largest absolute Gasteiger partial charge is 0.495 e. The number of carbonyl (C=O) groups excluding carboxylic acids is 4. The maximum atomic E-state index is 12.9. The Morgan fingerprint density at radius 2 is 1.61 bits per heavy atom. The van der Waals surface area contributed by atoms with Gasteiger partial charge in [0.05, 0.1) is 35.9 Å². The summed E-state index contributed by atoms with van der Waals surface area (Å²) in [5.74, 6) is -1.34. The standard InChI is InChI=1S/C25H22N2O6/c1-32-19-5-3-2-4-18(19)26-20(28)13-33-25(31)14-8-10-17(11-9-14)27-23(29)21-15-6-7-16(12-15)22(21)24(27)30/h2-11,15-16,21-22H,12-13H2,1H3,(H,26,28)/t15-,16-,21-,22-/m0/s1. The first-order chi connectivity index (χ1) is 16.0. The number of rotatable bonds is 6. The fourth-order valence-electron chi connectivity index (χ4n) is 5.05. The van der Waals surface area contributed by atoms with Gasteiger partial charge >= 0.3 is 5.97 Å². The summed E-state index contributed by atoms with van der Waals surface area (Å²) in [4.78, 5) is 51.5. The van der Waals surface area contributed by atoms with E-state index in [0.29, 0.717) is 17.1 Å². The van der Waals surface area contributed by atoms with Crippen molar-refractivity contribution in [3.05, 3.63) is 66.2 Å². The zero-order valence-corrected chi connectivity index (χ0v) is 17.9. The number of ether oxygens (including phenoxy) is 2. The van der Waals surface area contributed by atoms with Crippen LogP contribution in [0.1, 0.15) is 16.8 Å². The number of methoxy groups -OCH3 is 1. The topological polar surface area (TPSA) is 102 Å². The fourth-order valence-corrected chi connectivity index (χ4v) is 5.05. The first-order valence-corrected chi connectivity index (χ1v) is 10.7. The summed E-state index contributed by atoms with van der Waals surface area (Å²) in [5.41, 5.74) is 1.12. The number of fused-ring (bicyclic) bond motifs is 5. The van der Waals surface area contributed by atoms with E-state index < -0.39 is 18.5 Å². The summed E-state index contributed by atoms with van der Waals surface area (Å²) in [7, 11) is 1.49. The van der Waals surface area contributed by atoms with Crippen LogP contribution in [0.2, 0.25) is 0 Å². The molecule has 2 aliphatic carbocycles. The SMILES string of the molecule is COc1ccccc1NC(=O)COC(=O)c1ccc(N2C(=O)[C@@H]3[C@@H](C2=O)[C@H]2C=C[C@H]3C2)cc1. The van der Waals surface area contributed by atoms with Crippen LogP contribution in [0, 0.1) is 23.7 Å². The van der Waals surface area contributed by atoms with Crippen LogP contribution >= 0.6 is 0 Å². The third kappa shape index (κ3) is 3.57. The van der Waals surface area contributed by atoms with E-state index in [9.17, 15) is 19.2 Å². The molecular formula is C25H22N2O6. The molecule has 1 saturated carbocycles.